The van der Waals surface area contributed by atoms with Crippen molar-refractivity contribution in [2.75, 3.05) is 13.7 Å². The zero-order valence-electron chi connectivity index (χ0n) is 13.4. The molecule has 6 heteroatoms. The number of amides is 1. The van der Waals surface area contributed by atoms with Crippen molar-refractivity contribution in [2.24, 2.45) is 0 Å². The fourth-order valence-electron chi connectivity index (χ4n) is 1.63. The van der Waals surface area contributed by atoms with Crippen molar-refractivity contribution in [3.8, 4) is 0 Å². The van der Waals surface area contributed by atoms with Crippen LogP contribution in [0.15, 0.2) is 30.3 Å². The average molecular weight is 309 g/mol. The highest BCUT2D eigenvalue weighted by Crippen LogP contribution is 2.07. The monoisotopic (exact) mass is 309 g/mol. The number of hydrogen-bond acceptors (Lipinski definition) is 5. The minimum Gasteiger partial charge on any atom is -0.467 e. The Morgan fingerprint density at radius 1 is 1.18 bits per heavy atom. The van der Waals surface area contributed by atoms with Gasteiger partial charge in [-0.1, -0.05) is 30.3 Å². The van der Waals surface area contributed by atoms with E-state index in [0.717, 1.165) is 5.56 Å². The number of rotatable bonds is 6. The largest absolute Gasteiger partial charge is 0.467 e. The number of nitrogens with one attached hydrogen (secondary N) is 1. The van der Waals surface area contributed by atoms with Crippen LogP contribution in [0.25, 0.3) is 0 Å². The van der Waals surface area contributed by atoms with Gasteiger partial charge in [-0.3, -0.25) is 0 Å². The second-order valence-corrected chi connectivity index (χ2v) is 5.72. The van der Waals surface area contributed by atoms with Gasteiger partial charge in [0.1, 0.15) is 5.60 Å². The number of benzene rings is 1. The third-order valence-electron chi connectivity index (χ3n) is 2.57. The highest BCUT2D eigenvalue weighted by atomic mass is 16.6. The highest BCUT2D eigenvalue weighted by molar-refractivity contribution is 5.81. The van der Waals surface area contributed by atoms with E-state index in [2.05, 4.69) is 10.1 Å². The van der Waals surface area contributed by atoms with E-state index in [1.807, 2.05) is 30.3 Å². The molecule has 0 bridgehead atoms. The Bertz CT molecular complexity index is 481. The molecule has 22 heavy (non-hydrogen) atoms. The molecule has 1 N–H and O–H groups in total. The molecule has 1 rings (SSSR count). The van der Waals surface area contributed by atoms with Crippen LogP contribution in [0.5, 0.6) is 0 Å². The van der Waals surface area contributed by atoms with Crippen LogP contribution < -0.4 is 5.32 Å². The molecule has 0 saturated heterocycles. The molecular formula is C16H23NO5. The number of methoxy groups -OCH3 is 1. The molecule has 122 valence electrons. The van der Waals surface area contributed by atoms with Crippen molar-refractivity contribution in [1.29, 1.82) is 0 Å². The van der Waals surface area contributed by atoms with Crippen molar-refractivity contribution in [1.82, 2.24) is 5.32 Å². The lowest BCUT2D eigenvalue weighted by Crippen LogP contribution is -2.46. The highest BCUT2D eigenvalue weighted by Gasteiger charge is 2.25. The van der Waals surface area contributed by atoms with Gasteiger partial charge in [0, 0.05) is 0 Å². The smallest absolute Gasteiger partial charge is 0.408 e. The number of ether oxygens (including phenoxy) is 3. The first-order valence-electron chi connectivity index (χ1n) is 7.01. The number of carbonyl (C=O) groups is 2. The van der Waals surface area contributed by atoms with Crippen LogP contribution in [0.1, 0.15) is 26.3 Å². The Balaban J connectivity index is 2.50. The van der Waals surface area contributed by atoms with E-state index in [1.54, 1.807) is 20.8 Å². The lowest BCUT2D eigenvalue weighted by molar-refractivity contribution is -0.145. The number of alkyl carbamates (subject to hydrolysis) is 1. The Labute approximate surface area is 130 Å². The third kappa shape index (κ3) is 7.08. The normalized spacial score (nSPS) is 12.4. The SMILES string of the molecule is COC(=O)[C@H](COCc1ccccc1)NC(=O)OC(C)(C)C. The van der Waals surface area contributed by atoms with Gasteiger partial charge >= 0.3 is 12.1 Å². The summed E-state index contributed by atoms with van der Waals surface area (Å²) >= 11 is 0. The van der Waals surface area contributed by atoms with Gasteiger partial charge in [0.25, 0.3) is 0 Å². The van der Waals surface area contributed by atoms with E-state index in [4.69, 9.17) is 9.47 Å². The molecule has 1 amide bonds. The summed E-state index contributed by atoms with van der Waals surface area (Å²) in [5, 5.41) is 2.45. The summed E-state index contributed by atoms with van der Waals surface area (Å²) < 4.78 is 15.2. The molecule has 0 fully saturated rings. The zero-order chi connectivity index (χ0) is 16.6. The second-order valence-electron chi connectivity index (χ2n) is 5.72. The average Bonchev–Trinajstić information content (AvgIpc) is 2.44. The maximum absolute atomic E-state index is 11.7. The molecule has 0 spiro atoms. The van der Waals surface area contributed by atoms with Gasteiger partial charge in [-0.15, -0.1) is 0 Å². The van der Waals surface area contributed by atoms with Gasteiger partial charge in [-0.2, -0.15) is 0 Å². The molecule has 0 radical (unpaired) electrons. The minimum absolute atomic E-state index is 0.000804. The van der Waals surface area contributed by atoms with Gasteiger partial charge < -0.3 is 19.5 Å². The molecule has 6 nitrogen and oxygen atoms in total. The fraction of sp³-hybridized carbons (Fsp3) is 0.500. The van der Waals surface area contributed by atoms with Gasteiger partial charge in [-0.05, 0) is 26.3 Å². The van der Waals surface area contributed by atoms with Crippen molar-refractivity contribution in [2.45, 2.75) is 39.0 Å². The van der Waals surface area contributed by atoms with E-state index in [-0.39, 0.29) is 6.61 Å². The Morgan fingerprint density at radius 3 is 2.36 bits per heavy atom. The van der Waals surface area contributed by atoms with Crippen molar-refractivity contribution in [3.05, 3.63) is 35.9 Å². The summed E-state index contributed by atoms with van der Waals surface area (Å²) in [5.74, 6) is -0.584. The predicted octanol–water partition coefficient (Wildman–Crippen LogP) is 2.27. The van der Waals surface area contributed by atoms with E-state index >= 15 is 0 Å². The van der Waals surface area contributed by atoms with E-state index < -0.39 is 23.7 Å². The summed E-state index contributed by atoms with van der Waals surface area (Å²) in [7, 11) is 1.25. The van der Waals surface area contributed by atoms with Crippen LogP contribution in [0, 0.1) is 0 Å². The van der Waals surface area contributed by atoms with Crippen LogP contribution >= 0.6 is 0 Å². The molecule has 0 aliphatic heterocycles. The molecule has 1 aromatic carbocycles. The molecule has 0 saturated carbocycles. The van der Waals surface area contributed by atoms with Crippen LogP contribution in [0.2, 0.25) is 0 Å². The molecule has 0 aromatic heterocycles. The summed E-state index contributed by atoms with van der Waals surface area (Å²) in [5.41, 5.74) is 0.332. The molecule has 0 aliphatic carbocycles. The van der Waals surface area contributed by atoms with Gasteiger partial charge in [0.15, 0.2) is 6.04 Å². The summed E-state index contributed by atoms with van der Waals surface area (Å²) in [6.45, 7) is 5.56. The summed E-state index contributed by atoms with van der Waals surface area (Å²) in [6.07, 6.45) is -0.689. The van der Waals surface area contributed by atoms with Gasteiger partial charge in [0.2, 0.25) is 0 Å². The first kappa shape index (κ1) is 18.0. The molecule has 0 unspecified atom stereocenters. The van der Waals surface area contributed by atoms with Gasteiger partial charge in [0.05, 0.1) is 20.3 Å². The van der Waals surface area contributed by atoms with Gasteiger partial charge in [-0.25, -0.2) is 9.59 Å². The van der Waals surface area contributed by atoms with Crippen LogP contribution in [0.3, 0.4) is 0 Å². The molecule has 1 atom stereocenters. The Kier molecular flexibility index (Phi) is 6.85. The van der Waals surface area contributed by atoms with Crippen molar-refractivity contribution < 1.29 is 23.8 Å². The second kappa shape index (κ2) is 8.38. The Morgan fingerprint density at radius 2 is 1.82 bits per heavy atom. The third-order valence-corrected chi connectivity index (χ3v) is 2.57. The molecule has 0 heterocycles. The van der Waals surface area contributed by atoms with Crippen LogP contribution in [-0.2, 0) is 25.6 Å². The van der Waals surface area contributed by atoms with Crippen molar-refractivity contribution >= 4 is 12.1 Å². The number of esters is 1. The first-order valence-corrected chi connectivity index (χ1v) is 7.01. The minimum atomic E-state index is -0.913. The Hall–Kier alpha value is -2.08. The predicted molar refractivity (Wildman–Crippen MR) is 81.3 cm³/mol. The topological polar surface area (TPSA) is 73.9 Å². The number of carbonyl (C=O) groups excluding carboxylic acids is 2. The van der Waals surface area contributed by atoms with Crippen LogP contribution in [-0.4, -0.2) is 37.4 Å². The lowest BCUT2D eigenvalue weighted by atomic mass is 10.2. The summed E-state index contributed by atoms with van der Waals surface area (Å²) in [6, 6.07) is 8.61. The van der Waals surface area contributed by atoms with Crippen molar-refractivity contribution in [3.63, 3.8) is 0 Å². The lowest BCUT2D eigenvalue weighted by Gasteiger charge is -2.22. The maximum atomic E-state index is 11.7. The molecule has 0 aliphatic rings. The fourth-order valence-corrected chi connectivity index (χ4v) is 1.63. The quantitative estimate of drug-likeness (QED) is 0.816. The van der Waals surface area contributed by atoms with E-state index in [9.17, 15) is 9.59 Å². The zero-order valence-corrected chi connectivity index (χ0v) is 13.4. The van der Waals surface area contributed by atoms with E-state index in [1.165, 1.54) is 7.11 Å². The molecule has 1 aromatic rings. The van der Waals surface area contributed by atoms with E-state index in [0.29, 0.717) is 6.61 Å². The molecular weight excluding hydrogens is 286 g/mol. The number of hydrogen-bond donors (Lipinski definition) is 1. The maximum Gasteiger partial charge on any atom is 0.408 e. The standard InChI is InChI=1S/C16H23NO5/c1-16(2,3)22-15(19)17-13(14(18)20-4)11-21-10-12-8-6-5-7-9-12/h5-9,13H,10-11H2,1-4H3,(H,17,19)/t13-/m0/s1. The first-order chi connectivity index (χ1) is 10.3. The summed E-state index contributed by atoms with van der Waals surface area (Å²) in [4.78, 5) is 23.4. The van der Waals surface area contributed by atoms with Crippen LogP contribution in [0.4, 0.5) is 4.79 Å².